The lowest BCUT2D eigenvalue weighted by Gasteiger charge is -2.13. The zero-order valence-corrected chi connectivity index (χ0v) is 17.3. The van der Waals surface area contributed by atoms with Crippen molar-refractivity contribution in [1.29, 1.82) is 0 Å². The average molecular weight is 450 g/mol. The topological polar surface area (TPSA) is 81.2 Å². The van der Waals surface area contributed by atoms with Crippen molar-refractivity contribution in [3.8, 4) is 5.88 Å². The number of benzene rings is 2. The van der Waals surface area contributed by atoms with E-state index in [0.717, 1.165) is 23.7 Å². The van der Waals surface area contributed by atoms with Crippen LogP contribution in [0.3, 0.4) is 0 Å². The third kappa shape index (κ3) is 4.95. The van der Waals surface area contributed by atoms with Crippen LogP contribution in [0.1, 0.15) is 26.2 Å². The fraction of sp³-hybridized carbons (Fsp3) is 0.263. The van der Waals surface area contributed by atoms with E-state index in [1.807, 2.05) is 18.2 Å². The number of nitrogens with zero attached hydrogens (tertiary/aromatic N) is 2. The van der Waals surface area contributed by atoms with Crippen LogP contribution in [0.25, 0.3) is 11.0 Å². The Morgan fingerprint density at radius 1 is 1.00 bits per heavy atom. The number of rotatable bonds is 8. The van der Waals surface area contributed by atoms with E-state index >= 15 is 0 Å². The number of fused-ring (bicyclic) bond motifs is 1. The zero-order chi connectivity index (χ0) is 19.3. The molecule has 0 unspecified atom stereocenters. The van der Waals surface area contributed by atoms with Crippen molar-refractivity contribution >= 4 is 42.8 Å². The van der Waals surface area contributed by atoms with Gasteiger partial charge >= 0.3 is 0 Å². The Morgan fingerprint density at radius 3 is 2.33 bits per heavy atom. The van der Waals surface area contributed by atoms with Crippen LogP contribution < -0.4 is 9.46 Å². The van der Waals surface area contributed by atoms with Gasteiger partial charge in [0.05, 0.1) is 22.5 Å². The Bertz CT molecular complexity index is 1020. The van der Waals surface area contributed by atoms with E-state index < -0.39 is 10.0 Å². The molecule has 0 aliphatic heterocycles. The molecule has 0 amide bonds. The van der Waals surface area contributed by atoms with Gasteiger partial charge in [-0.3, -0.25) is 4.72 Å². The van der Waals surface area contributed by atoms with Crippen LogP contribution in [0.2, 0.25) is 0 Å². The summed E-state index contributed by atoms with van der Waals surface area (Å²) in [5.41, 5.74) is 1.24. The second kappa shape index (κ2) is 8.67. The van der Waals surface area contributed by atoms with Crippen molar-refractivity contribution in [3.63, 3.8) is 0 Å². The highest BCUT2D eigenvalue weighted by Gasteiger charge is 2.19. The van der Waals surface area contributed by atoms with Gasteiger partial charge in [-0.05, 0) is 42.8 Å². The van der Waals surface area contributed by atoms with Crippen LogP contribution in [-0.2, 0) is 10.0 Å². The Balaban J connectivity index is 1.94. The molecule has 142 valence electrons. The molecule has 3 rings (SSSR count). The number of aromatic nitrogens is 2. The van der Waals surface area contributed by atoms with E-state index in [2.05, 4.69) is 37.5 Å². The monoisotopic (exact) mass is 449 g/mol. The van der Waals surface area contributed by atoms with Gasteiger partial charge in [-0.25, -0.2) is 18.4 Å². The lowest BCUT2D eigenvalue weighted by Crippen LogP contribution is -2.16. The predicted octanol–water partition coefficient (Wildman–Crippen LogP) is 4.76. The summed E-state index contributed by atoms with van der Waals surface area (Å²) in [5.74, 6) is 0.276. The lowest BCUT2D eigenvalue weighted by atomic mass is 10.3. The molecule has 1 N–H and O–H groups in total. The number of sulfonamides is 1. The normalized spacial score (nSPS) is 11.5. The standard InChI is InChI=1S/C19H20BrN3O3S/c1-2-3-6-13-26-19-18(21-16-7-4-5-8-17(16)22-19)23-27(24,25)15-11-9-14(20)10-12-15/h4-5,7-12H,2-3,6,13H2,1H3,(H,21,23). The van der Waals surface area contributed by atoms with Crippen molar-refractivity contribution in [2.75, 3.05) is 11.3 Å². The lowest BCUT2D eigenvalue weighted by molar-refractivity contribution is 0.297. The summed E-state index contributed by atoms with van der Waals surface area (Å²) in [6.07, 6.45) is 2.96. The van der Waals surface area contributed by atoms with Gasteiger partial charge in [-0.1, -0.05) is 47.8 Å². The molecular weight excluding hydrogens is 430 g/mol. The van der Waals surface area contributed by atoms with Crippen LogP contribution in [-0.4, -0.2) is 25.0 Å². The van der Waals surface area contributed by atoms with Gasteiger partial charge in [-0.2, -0.15) is 0 Å². The predicted molar refractivity (Wildman–Crippen MR) is 110 cm³/mol. The molecule has 0 aliphatic rings. The van der Waals surface area contributed by atoms with E-state index in [1.54, 1.807) is 18.2 Å². The third-order valence-corrected chi connectivity index (χ3v) is 5.76. The van der Waals surface area contributed by atoms with Crippen LogP contribution in [0.15, 0.2) is 57.9 Å². The summed E-state index contributed by atoms with van der Waals surface area (Å²) in [7, 11) is -3.81. The molecule has 27 heavy (non-hydrogen) atoms. The number of halogens is 1. The van der Waals surface area contributed by atoms with Gasteiger partial charge in [0.1, 0.15) is 0 Å². The molecule has 1 aromatic heterocycles. The molecule has 1 heterocycles. The zero-order valence-electron chi connectivity index (χ0n) is 14.9. The van der Waals surface area contributed by atoms with Crippen molar-refractivity contribution in [2.45, 2.75) is 31.1 Å². The first-order valence-electron chi connectivity index (χ1n) is 8.67. The van der Waals surface area contributed by atoms with Gasteiger partial charge in [-0.15, -0.1) is 0 Å². The molecule has 0 radical (unpaired) electrons. The third-order valence-electron chi connectivity index (χ3n) is 3.88. The quantitative estimate of drug-likeness (QED) is 0.501. The summed E-state index contributed by atoms with van der Waals surface area (Å²) in [6, 6.07) is 13.6. The van der Waals surface area contributed by atoms with E-state index in [-0.39, 0.29) is 16.6 Å². The number of para-hydroxylation sites is 2. The average Bonchev–Trinajstić information content (AvgIpc) is 2.65. The fourth-order valence-electron chi connectivity index (χ4n) is 2.47. The summed E-state index contributed by atoms with van der Waals surface area (Å²) < 4.78 is 34.5. The summed E-state index contributed by atoms with van der Waals surface area (Å²) in [5, 5.41) is 0. The Kier molecular flexibility index (Phi) is 6.28. The van der Waals surface area contributed by atoms with Gasteiger partial charge in [0.2, 0.25) is 5.82 Å². The first kappa shape index (κ1) is 19.6. The molecule has 2 aromatic carbocycles. The summed E-state index contributed by atoms with van der Waals surface area (Å²) >= 11 is 3.30. The number of hydrogen-bond acceptors (Lipinski definition) is 5. The molecule has 3 aromatic rings. The first-order chi connectivity index (χ1) is 13.0. The van der Waals surface area contributed by atoms with Crippen molar-refractivity contribution in [1.82, 2.24) is 9.97 Å². The molecular formula is C19H20BrN3O3S. The second-order valence-electron chi connectivity index (χ2n) is 5.98. The van der Waals surface area contributed by atoms with Crippen molar-refractivity contribution in [3.05, 3.63) is 53.0 Å². The summed E-state index contributed by atoms with van der Waals surface area (Å²) in [6.45, 7) is 2.56. The van der Waals surface area contributed by atoms with E-state index in [4.69, 9.17) is 4.74 Å². The molecule has 8 heteroatoms. The minimum absolute atomic E-state index is 0.0908. The van der Waals surface area contributed by atoms with E-state index in [1.165, 1.54) is 12.1 Å². The van der Waals surface area contributed by atoms with Crippen molar-refractivity contribution < 1.29 is 13.2 Å². The maximum Gasteiger partial charge on any atom is 0.263 e. The Morgan fingerprint density at radius 2 is 1.67 bits per heavy atom. The van der Waals surface area contributed by atoms with Gasteiger partial charge < -0.3 is 4.74 Å². The van der Waals surface area contributed by atoms with Crippen LogP contribution in [0, 0.1) is 0 Å². The first-order valence-corrected chi connectivity index (χ1v) is 10.9. The highest BCUT2D eigenvalue weighted by molar-refractivity contribution is 9.10. The molecule has 0 atom stereocenters. The number of ether oxygens (including phenoxy) is 1. The maximum absolute atomic E-state index is 12.7. The molecule has 0 fully saturated rings. The SMILES string of the molecule is CCCCCOc1nc2ccccc2nc1NS(=O)(=O)c1ccc(Br)cc1. The number of nitrogens with one attached hydrogen (secondary N) is 1. The molecule has 0 aliphatic carbocycles. The number of unbranched alkanes of at least 4 members (excludes halogenated alkanes) is 2. The number of anilines is 1. The molecule has 6 nitrogen and oxygen atoms in total. The minimum atomic E-state index is -3.81. The van der Waals surface area contributed by atoms with E-state index in [0.29, 0.717) is 17.6 Å². The minimum Gasteiger partial charge on any atom is -0.475 e. The molecule has 0 saturated carbocycles. The maximum atomic E-state index is 12.7. The molecule has 0 spiro atoms. The van der Waals surface area contributed by atoms with Crippen LogP contribution >= 0.6 is 15.9 Å². The van der Waals surface area contributed by atoms with Crippen LogP contribution in [0.4, 0.5) is 5.82 Å². The summed E-state index contributed by atoms with van der Waals surface area (Å²) in [4.78, 5) is 9.00. The number of hydrogen-bond donors (Lipinski definition) is 1. The molecule has 0 saturated heterocycles. The fourth-order valence-corrected chi connectivity index (χ4v) is 3.74. The Labute approximate surface area is 167 Å². The smallest absolute Gasteiger partial charge is 0.263 e. The second-order valence-corrected chi connectivity index (χ2v) is 8.58. The highest BCUT2D eigenvalue weighted by Crippen LogP contribution is 2.26. The van der Waals surface area contributed by atoms with Crippen LogP contribution in [0.5, 0.6) is 5.88 Å². The van der Waals surface area contributed by atoms with Gasteiger partial charge in [0.25, 0.3) is 15.9 Å². The van der Waals surface area contributed by atoms with Crippen molar-refractivity contribution in [2.24, 2.45) is 0 Å². The van der Waals surface area contributed by atoms with Gasteiger partial charge in [0.15, 0.2) is 0 Å². The van der Waals surface area contributed by atoms with E-state index in [9.17, 15) is 8.42 Å². The Hall–Kier alpha value is -2.19. The van der Waals surface area contributed by atoms with Gasteiger partial charge in [0, 0.05) is 4.47 Å². The highest BCUT2D eigenvalue weighted by atomic mass is 79.9. The largest absolute Gasteiger partial charge is 0.475 e. The molecule has 0 bridgehead atoms.